The van der Waals surface area contributed by atoms with Gasteiger partial charge in [0.05, 0.1) is 13.2 Å². The SMILES string of the molecule is C=CC(=O)OCC(CO)(CO)C(CO)(OC(=O)C=C)OC(=O)C=C. The number of aliphatic hydroxyl groups excluding tert-OH is 3. The third-order valence-electron chi connectivity index (χ3n) is 3.14. The topological polar surface area (TPSA) is 140 Å². The van der Waals surface area contributed by atoms with Crippen molar-refractivity contribution in [1.82, 2.24) is 0 Å². The van der Waals surface area contributed by atoms with E-state index in [9.17, 15) is 29.7 Å². The normalized spacial score (nSPS) is 11.1. The first-order valence-electron chi connectivity index (χ1n) is 6.63. The van der Waals surface area contributed by atoms with Crippen molar-refractivity contribution in [2.24, 2.45) is 5.41 Å². The standard InChI is InChI=1S/C15H20O9/c1-4-11(19)22-10-14(7-16,8-17)15(9-18,23-12(20)5-2)24-13(21)6-3/h4-6,16-18H,1-3,7-10H2. The molecule has 24 heavy (non-hydrogen) atoms. The molecule has 3 N–H and O–H groups in total. The first-order chi connectivity index (χ1) is 11.3. The molecule has 9 heteroatoms. The van der Waals surface area contributed by atoms with Crippen LogP contribution in [0.5, 0.6) is 0 Å². The van der Waals surface area contributed by atoms with E-state index in [0.717, 1.165) is 6.08 Å². The van der Waals surface area contributed by atoms with Crippen molar-refractivity contribution in [1.29, 1.82) is 0 Å². The molecule has 0 bridgehead atoms. The van der Waals surface area contributed by atoms with Crippen molar-refractivity contribution in [3.8, 4) is 0 Å². The van der Waals surface area contributed by atoms with E-state index in [1.807, 2.05) is 0 Å². The number of esters is 3. The molecule has 0 heterocycles. The summed E-state index contributed by atoms with van der Waals surface area (Å²) in [6.45, 7) is 5.61. The summed E-state index contributed by atoms with van der Waals surface area (Å²) < 4.78 is 14.5. The number of carbonyl (C=O) groups is 3. The maximum atomic E-state index is 11.6. The fraction of sp³-hybridized carbons (Fsp3) is 0.400. The Morgan fingerprint density at radius 1 is 0.792 bits per heavy atom. The van der Waals surface area contributed by atoms with Crippen LogP contribution in [0.25, 0.3) is 0 Å². The Morgan fingerprint density at radius 3 is 1.50 bits per heavy atom. The monoisotopic (exact) mass is 344 g/mol. The minimum atomic E-state index is -2.56. The summed E-state index contributed by atoms with van der Waals surface area (Å²) in [6.07, 6.45) is 2.23. The summed E-state index contributed by atoms with van der Waals surface area (Å²) in [6, 6.07) is 0. The van der Waals surface area contributed by atoms with Gasteiger partial charge in [0.1, 0.15) is 18.6 Å². The first-order valence-corrected chi connectivity index (χ1v) is 6.63. The van der Waals surface area contributed by atoms with Gasteiger partial charge < -0.3 is 29.5 Å². The molecule has 134 valence electrons. The van der Waals surface area contributed by atoms with Crippen LogP contribution in [0.2, 0.25) is 0 Å². The fourth-order valence-electron chi connectivity index (χ4n) is 1.64. The molecule has 0 aromatic rings. The molecule has 0 spiro atoms. The lowest BCUT2D eigenvalue weighted by molar-refractivity contribution is -0.301. The van der Waals surface area contributed by atoms with Crippen LogP contribution in [0.3, 0.4) is 0 Å². The van der Waals surface area contributed by atoms with Crippen molar-refractivity contribution in [3.05, 3.63) is 38.0 Å². The van der Waals surface area contributed by atoms with Gasteiger partial charge in [0.25, 0.3) is 5.79 Å². The van der Waals surface area contributed by atoms with Crippen LogP contribution < -0.4 is 0 Å². The molecule has 9 nitrogen and oxygen atoms in total. The largest absolute Gasteiger partial charge is 0.461 e. The van der Waals surface area contributed by atoms with Gasteiger partial charge in [0.2, 0.25) is 0 Å². The Balaban J connectivity index is 6.01. The summed E-state index contributed by atoms with van der Waals surface area (Å²) in [4.78, 5) is 34.4. The molecule has 0 aliphatic heterocycles. The lowest BCUT2D eigenvalue weighted by atomic mass is 9.81. The van der Waals surface area contributed by atoms with Gasteiger partial charge in [0, 0.05) is 18.2 Å². The highest BCUT2D eigenvalue weighted by Crippen LogP contribution is 2.37. The van der Waals surface area contributed by atoms with Gasteiger partial charge in [-0.15, -0.1) is 0 Å². The van der Waals surface area contributed by atoms with Crippen LogP contribution in [0.1, 0.15) is 0 Å². The molecule has 0 aromatic heterocycles. The molecule has 0 saturated carbocycles. The van der Waals surface area contributed by atoms with Gasteiger partial charge in [0.15, 0.2) is 0 Å². The first kappa shape index (κ1) is 21.5. The predicted molar refractivity (Wildman–Crippen MR) is 80.2 cm³/mol. The van der Waals surface area contributed by atoms with E-state index in [-0.39, 0.29) is 0 Å². The molecule has 0 fully saturated rings. The average Bonchev–Trinajstić information content (AvgIpc) is 2.61. The van der Waals surface area contributed by atoms with Crippen LogP contribution in [-0.2, 0) is 28.6 Å². The molecule has 0 rings (SSSR count). The molecular formula is C15H20O9. The second-order valence-electron chi connectivity index (χ2n) is 4.57. The van der Waals surface area contributed by atoms with Gasteiger partial charge in [-0.25, -0.2) is 14.4 Å². The van der Waals surface area contributed by atoms with E-state index in [1.54, 1.807) is 0 Å². The number of carbonyl (C=O) groups excluding carboxylic acids is 3. The van der Waals surface area contributed by atoms with Gasteiger partial charge in [-0.05, 0) is 0 Å². The number of hydrogen-bond donors (Lipinski definition) is 3. The molecular weight excluding hydrogens is 324 g/mol. The van der Waals surface area contributed by atoms with Gasteiger partial charge in [-0.2, -0.15) is 0 Å². The zero-order valence-electron chi connectivity index (χ0n) is 13.0. The molecule has 0 saturated heterocycles. The number of hydrogen-bond acceptors (Lipinski definition) is 9. The zero-order chi connectivity index (χ0) is 18.8. The summed E-state index contributed by atoms with van der Waals surface area (Å²) in [7, 11) is 0. The maximum Gasteiger partial charge on any atom is 0.333 e. The number of rotatable bonds is 11. The van der Waals surface area contributed by atoms with Crippen molar-refractivity contribution in [3.63, 3.8) is 0 Å². The Labute approximate surface area is 138 Å². The summed E-state index contributed by atoms with van der Waals surface area (Å²) >= 11 is 0. The predicted octanol–water partition coefficient (Wildman–Crippen LogP) is -1.17. The van der Waals surface area contributed by atoms with Crippen LogP contribution in [-0.4, -0.2) is 65.4 Å². The highest BCUT2D eigenvalue weighted by atomic mass is 16.7. The van der Waals surface area contributed by atoms with Crippen molar-refractivity contribution in [2.45, 2.75) is 5.79 Å². The molecule has 0 atom stereocenters. The fourth-order valence-corrected chi connectivity index (χ4v) is 1.64. The zero-order valence-corrected chi connectivity index (χ0v) is 13.0. The Bertz CT molecular complexity index is 483. The van der Waals surface area contributed by atoms with Crippen LogP contribution in [0.4, 0.5) is 0 Å². The van der Waals surface area contributed by atoms with E-state index in [4.69, 9.17) is 14.2 Å². The second kappa shape index (κ2) is 9.60. The Kier molecular flexibility index (Phi) is 8.61. The maximum absolute atomic E-state index is 11.6. The minimum absolute atomic E-state index is 0.710. The van der Waals surface area contributed by atoms with Gasteiger partial charge in [-0.3, -0.25) is 0 Å². The Morgan fingerprint density at radius 2 is 1.21 bits per heavy atom. The third kappa shape index (κ3) is 4.75. The van der Waals surface area contributed by atoms with Crippen LogP contribution >= 0.6 is 0 Å². The molecule has 0 radical (unpaired) electrons. The number of aliphatic hydroxyl groups is 3. The van der Waals surface area contributed by atoms with Gasteiger partial charge in [-0.1, -0.05) is 19.7 Å². The van der Waals surface area contributed by atoms with Crippen LogP contribution in [0.15, 0.2) is 38.0 Å². The van der Waals surface area contributed by atoms with E-state index < -0.39 is 55.5 Å². The molecule has 0 aliphatic carbocycles. The van der Waals surface area contributed by atoms with Crippen LogP contribution in [0, 0.1) is 5.41 Å². The summed E-state index contributed by atoms with van der Waals surface area (Å²) in [5.74, 6) is -5.73. The summed E-state index contributed by atoms with van der Waals surface area (Å²) in [5.41, 5.74) is -2.07. The van der Waals surface area contributed by atoms with Crippen molar-refractivity contribution < 1.29 is 43.9 Å². The van der Waals surface area contributed by atoms with Crippen molar-refractivity contribution >= 4 is 17.9 Å². The average molecular weight is 344 g/mol. The smallest absolute Gasteiger partial charge is 0.333 e. The van der Waals surface area contributed by atoms with E-state index >= 15 is 0 Å². The van der Waals surface area contributed by atoms with E-state index in [2.05, 4.69) is 19.7 Å². The molecule has 0 amide bonds. The lowest BCUT2D eigenvalue weighted by Crippen LogP contribution is -2.62. The van der Waals surface area contributed by atoms with Crippen molar-refractivity contribution in [2.75, 3.05) is 26.4 Å². The highest BCUT2D eigenvalue weighted by molar-refractivity contribution is 5.83. The summed E-state index contributed by atoms with van der Waals surface area (Å²) in [5, 5.41) is 29.0. The molecule has 0 aliphatic rings. The quantitative estimate of drug-likeness (QED) is 0.240. The third-order valence-corrected chi connectivity index (χ3v) is 3.14. The lowest BCUT2D eigenvalue weighted by Gasteiger charge is -2.44. The van der Waals surface area contributed by atoms with Gasteiger partial charge >= 0.3 is 17.9 Å². The highest BCUT2D eigenvalue weighted by Gasteiger charge is 2.58. The minimum Gasteiger partial charge on any atom is -0.461 e. The molecule has 0 unspecified atom stereocenters. The second-order valence-corrected chi connectivity index (χ2v) is 4.57. The molecule has 0 aromatic carbocycles. The van der Waals surface area contributed by atoms with E-state index in [1.165, 1.54) is 0 Å². The van der Waals surface area contributed by atoms with E-state index in [0.29, 0.717) is 12.2 Å². The number of ether oxygens (including phenoxy) is 3. The Hall–Kier alpha value is -2.49.